The molecular weight excluding hydrogens is 1130 g/mol. The molecule has 264 valence electrons. The largest absolute Gasteiger partial charge is 0.501 e. The molecule has 28 heteroatoms. The predicted molar refractivity (Wildman–Crippen MR) is 215 cm³/mol. The van der Waals surface area contributed by atoms with Gasteiger partial charge < -0.3 is 26.0 Å². The molecule has 4 rings (SSSR count). The maximum absolute atomic E-state index is 11.3. The zero-order chi connectivity index (χ0) is 38.5. The van der Waals surface area contributed by atoms with Gasteiger partial charge in [-0.05, 0) is 115 Å². The van der Waals surface area contributed by atoms with Gasteiger partial charge in [0.25, 0.3) is 0 Å². The fourth-order valence-electron chi connectivity index (χ4n) is 2.87. The van der Waals surface area contributed by atoms with E-state index in [1.54, 1.807) is 35.1 Å². The molecule has 2 heterocycles. The number of pyridine rings is 2. The normalized spacial score (nSPS) is 9.94. The minimum absolute atomic E-state index is 0.138. The van der Waals surface area contributed by atoms with Crippen LogP contribution in [0.25, 0.3) is 21.8 Å². The van der Waals surface area contributed by atoms with Crippen LogP contribution in [0.4, 0.5) is 11.4 Å². The van der Waals surface area contributed by atoms with E-state index in [-0.39, 0.29) is 21.8 Å². The first-order chi connectivity index (χ1) is 22.7. The number of halogens is 8. The average molecular weight is 1140 g/mol. The smallest absolute Gasteiger partial charge is 0.375 e. The summed E-state index contributed by atoms with van der Waals surface area (Å²) in [5.41, 5.74) is 2.54. The van der Waals surface area contributed by atoms with Gasteiger partial charge in [0.15, 0.2) is 0 Å². The molecule has 0 radical (unpaired) electrons. The highest BCUT2D eigenvalue weighted by Crippen LogP contribution is 2.61. The Morgan fingerprint density at radius 1 is 0.878 bits per heavy atom. The van der Waals surface area contributed by atoms with E-state index in [2.05, 4.69) is 65.0 Å². The third-order valence-electron chi connectivity index (χ3n) is 4.37. The van der Waals surface area contributed by atoms with Gasteiger partial charge in [0, 0.05) is 20.8 Å². The van der Waals surface area contributed by atoms with Crippen molar-refractivity contribution in [2.24, 2.45) is 21.3 Å². The number of hydrogen-bond donors (Lipinski definition) is 6. The van der Waals surface area contributed by atoms with Gasteiger partial charge in [-0.15, -0.1) is 0 Å². The second kappa shape index (κ2) is 25.3. The van der Waals surface area contributed by atoms with Crippen molar-refractivity contribution >= 4 is 172 Å². The van der Waals surface area contributed by atoms with E-state index < -0.39 is 49.0 Å². The molecule has 4 aromatic rings. The lowest BCUT2D eigenvalue weighted by atomic mass is 10.2. The topological polar surface area (TPSA) is 320 Å². The molecule has 0 unspecified atom stereocenters. The zero-order valence-electron chi connectivity index (χ0n) is 23.1. The Hall–Kier alpha value is -2.64. The summed E-state index contributed by atoms with van der Waals surface area (Å²) in [6, 6.07) is 8.62. The predicted octanol–water partition coefficient (Wildman–Crippen LogP) is 9.02. The maximum atomic E-state index is 11.3. The van der Waals surface area contributed by atoms with Crippen LogP contribution < -0.4 is 17.0 Å². The Labute approximate surface area is 337 Å². The van der Waals surface area contributed by atoms with Crippen molar-refractivity contribution in [3.63, 3.8) is 0 Å². The van der Waals surface area contributed by atoms with E-state index >= 15 is 0 Å². The lowest BCUT2D eigenvalue weighted by Crippen LogP contribution is -2.11. The van der Waals surface area contributed by atoms with Gasteiger partial charge in [-0.2, -0.15) is 21.0 Å². The average Bonchev–Trinajstić information content (AvgIpc) is 2.97. The number of nitro groups is 2. The van der Waals surface area contributed by atoms with Crippen molar-refractivity contribution in [2.75, 3.05) is 0 Å². The Bertz CT molecular complexity index is 1910. The van der Waals surface area contributed by atoms with Crippen LogP contribution in [0.15, 0.2) is 61.4 Å². The molecule has 0 aliphatic carbocycles. The van der Waals surface area contributed by atoms with Crippen molar-refractivity contribution < 1.29 is 24.6 Å². The quantitative estimate of drug-likeness (QED) is 0.0214. The van der Waals surface area contributed by atoms with Crippen LogP contribution >= 0.6 is 130 Å². The minimum Gasteiger partial charge on any atom is -0.501 e. The molecule has 0 bridgehead atoms. The van der Waals surface area contributed by atoms with Crippen molar-refractivity contribution in [3.05, 3.63) is 87.4 Å². The number of benzene rings is 2. The number of aromatic nitrogens is 2. The van der Waals surface area contributed by atoms with Crippen LogP contribution in [-0.2, 0) is 4.57 Å². The summed E-state index contributed by atoms with van der Waals surface area (Å²) in [5, 5.41) is 54.6. The molecule has 0 saturated heterocycles. The van der Waals surface area contributed by atoms with Crippen LogP contribution in [-0.4, -0.2) is 38.5 Å². The molecule has 2 aromatic heterocycles. The summed E-state index contributed by atoms with van der Waals surface area (Å²) in [5.74, 6) is 2.79. The maximum Gasteiger partial charge on any atom is 0.375 e. The van der Waals surface area contributed by atoms with Crippen LogP contribution in [0, 0.1) is 35.1 Å². The number of hydrogen-bond acceptors (Lipinski definition) is 14. The van der Waals surface area contributed by atoms with Crippen LogP contribution in [0.3, 0.4) is 0 Å². The summed E-state index contributed by atoms with van der Waals surface area (Å²) in [6.45, 7) is 0. The molecule has 2 aromatic carbocycles. The number of fused-ring (bicyclic) bond motifs is 2. The van der Waals surface area contributed by atoms with E-state index in [4.69, 9.17) is 34.0 Å². The van der Waals surface area contributed by atoms with E-state index in [1.807, 2.05) is 45.2 Å². The van der Waals surface area contributed by atoms with Gasteiger partial charge in [-0.3, -0.25) is 34.4 Å². The highest BCUT2D eigenvalue weighted by molar-refractivity contribution is 14.1. The number of nitrogens with two attached hydrogens (primary N) is 1. The van der Waals surface area contributed by atoms with Gasteiger partial charge in [0.05, 0.1) is 51.9 Å². The molecule has 0 aliphatic heterocycles. The summed E-state index contributed by atoms with van der Waals surface area (Å²) in [6.07, 6.45) is 0. The molecule has 0 spiro atoms. The molecule has 0 atom stereocenters. The molecule has 0 aliphatic rings. The van der Waals surface area contributed by atoms with Crippen molar-refractivity contribution in [3.8, 4) is 15.6 Å². The van der Waals surface area contributed by atoms with Gasteiger partial charge >= 0.3 is 27.7 Å². The second-order valence-corrected chi connectivity index (χ2v) is 16.3. The Balaban J connectivity index is 0. The number of aromatic amines is 2. The monoisotopic (exact) mass is 1140 g/mol. The van der Waals surface area contributed by atoms with E-state index in [9.17, 15) is 44.6 Å². The molecule has 49 heavy (non-hydrogen) atoms. The molecular formula is C21H15Cl5I3N10O9P. The van der Waals surface area contributed by atoms with Gasteiger partial charge in [-0.25, -0.2) is 0 Å². The molecule has 19 nitrogen and oxygen atoms in total. The van der Waals surface area contributed by atoms with Gasteiger partial charge in [-0.1, -0.05) is 28.4 Å². The summed E-state index contributed by atoms with van der Waals surface area (Å²) >= 11 is 30.8. The number of aromatic hydroxyl groups is 2. The zero-order valence-corrected chi connectivity index (χ0v) is 34.2. The van der Waals surface area contributed by atoms with E-state index in [0.717, 1.165) is 0 Å². The fraction of sp³-hybridized carbons (Fsp3) is 0. The molecule has 0 amide bonds. The lowest BCUT2D eigenvalue weighted by molar-refractivity contribution is -0.387. The molecule has 0 saturated carbocycles. The van der Waals surface area contributed by atoms with E-state index in [0.29, 0.717) is 10.0 Å². The van der Waals surface area contributed by atoms with Gasteiger partial charge in [0.1, 0.15) is 4.08 Å². The second-order valence-electron chi connectivity index (χ2n) is 7.24. The number of nitrogens with zero attached hydrogens (tertiary/aromatic N) is 6. The van der Waals surface area contributed by atoms with Crippen molar-refractivity contribution in [1.82, 2.24) is 9.97 Å². The Kier molecular flexibility index (Phi) is 25.1. The first kappa shape index (κ1) is 48.5. The first-order valence-corrected chi connectivity index (χ1v) is 19.9. The molecule has 7 N–H and O–H groups in total. The van der Waals surface area contributed by atoms with Crippen LogP contribution in [0.2, 0.25) is 10.0 Å². The van der Waals surface area contributed by atoms with Gasteiger partial charge in [0.2, 0.25) is 11.5 Å². The van der Waals surface area contributed by atoms with Crippen LogP contribution in [0.5, 0.6) is 11.5 Å². The standard InChI is InChI=1S/2C9H5ClN2O4.C2H2I2N2.CIN.Cl3OP.H3N3/c2*10-4-1-2-6-5(3-4)8(13)7(12(15)16)9(14)11-6;3-1-5-6-2-4;2-1-3;1-5(2,3)4;1-3-2/h2*1-3H,(H2,11,13,14);1-2H;;;(H3,1,2)/b;;5-1+,6-2+;;;. The fourth-order valence-corrected chi connectivity index (χ4v) is 3.50. The third kappa shape index (κ3) is 19.4. The summed E-state index contributed by atoms with van der Waals surface area (Å²) in [4.78, 5) is 46.4. The lowest BCUT2D eigenvalue weighted by Gasteiger charge is -2.01. The Morgan fingerprint density at radius 2 is 1.14 bits per heavy atom. The number of nitrogens with one attached hydrogen (secondary N) is 3. The summed E-state index contributed by atoms with van der Waals surface area (Å²) < 4.78 is 14.4. The highest BCUT2D eigenvalue weighted by Gasteiger charge is 2.23. The third-order valence-corrected chi connectivity index (χ3v) is 5.34. The van der Waals surface area contributed by atoms with Crippen molar-refractivity contribution in [1.29, 1.82) is 10.8 Å². The van der Waals surface area contributed by atoms with E-state index in [1.165, 1.54) is 36.4 Å². The number of H-pyrrole nitrogens is 2. The SMILES string of the molecule is I/C=N/N=C/I.N#CI.N=NN.O=P(Cl)(Cl)Cl.O=c1[nH]c2ccc(Cl)cc2c(O)c1[N+](=O)[O-].O=c1[nH]c2ccc(Cl)cc2c(O)c1[N+](=O)[O-]. The molecule has 0 fully saturated rings. The minimum atomic E-state index is -3.22. The van der Waals surface area contributed by atoms with Crippen molar-refractivity contribution in [2.45, 2.75) is 0 Å². The number of rotatable bonds is 3. The Morgan fingerprint density at radius 3 is 1.37 bits per heavy atom. The highest BCUT2D eigenvalue weighted by atomic mass is 127. The first-order valence-electron chi connectivity index (χ1n) is 11.1. The van der Waals surface area contributed by atoms with Crippen LogP contribution in [0.1, 0.15) is 0 Å². The summed E-state index contributed by atoms with van der Waals surface area (Å²) in [7, 11) is 0. The number of nitriles is 1.